The number of primary amides is 1. The number of nitrogens with two attached hydrogens (primary N) is 2. The largest absolute Gasteiger partial charge is 0.383 e. The molecule has 7 heteroatoms. The number of benzene rings is 1. The number of hydrogen-bond donors (Lipinski definition) is 2. The standard InChI is InChI=1S/C11H8BrFN4O/c12-7-3-5(1-2-8(7)13)11-16-4-6(10(15)18)9(14)17-11/h1-4H,(H2,15,18)(H2,14,16,17). The first-order chi connectivity index (χ1) is 8.49. The first kappa shape index (κ1) is 12.4. The minimum atomic E-state index is -0.695. The van der Waals surface area contributed by atoms with Crippen molar-refractivity contribution in [3.8, 4) is 11.4 Å². The SMILES string of the molecule is NC(=O)c1cnc(-c2ccc(F)c(Br)c2)nc1N. The van der Waals surface area contributed by atoms with Crippen LogP contribution in [0.1, 0.15) is 10.4 Å². The van der Waals surface area contributed by atoms with Gasteiger partial charge in [0.1, 0.15) is 11.6 Å². The second-order valence-corrected chi connectivity index (χ2v) is 4.34. The van der Waals surface area contributed by atoms with E-state index in [-0.39, 0.29) is 17.2 Å². The van der Waals surface area contributed by atoms with Crippen LogP contribution in [-0.4, -0.2) is 15.9 Å². The number of halogens is 2. The summed E-state index contributed by atoms with van der Waals surface area (Å²) in [5, 5.41) is 0. The van der Waals surface area contributed by atoms with Gasteiger partial charge in [-0.2, -0.15) is 0 Å². The number of aromatic nitrogens is 2. The van der Waals surface area contributed by atoms with Gasteiger partial charge in [-0.15, -0.1) is 0 Å². The smallest absolute Gasteiger partial charge is 0.254 e. The highest BCUT2D eigenvalue weighted by atomic mass is 79.9. The van der Waals surface area contributed by atoms with E-state index >= 15 is 0 Å². The van der Waals surface area contributed by atoms with E-state index in [1.54, 1.807) is 0 Å². The molecule has 0 radical (unpaired) electrons. The van der Waals surface area contributed by atoms with Crippen molar-refractivity contribution >= 4 is 27.7 Å². The second kappa shape index (κ2) is 4.69. The Labute approximate surface area is 110 Å². The number of carbonyl (C=O) groups is 1. The van der Waals surface area contributed by atoms with Crippen LogP contribution in [0, 0.1) is 5.82 Å². The Kier molecular flexibility index (Phi) is 3.24. The summed E-state index contributed by atoms with van der Waals surface area (Å²) in [5.41, 5.74) is 11.3. The van der Waals surface area contributed by atoms with Crippen molar-refractivity contribution in [3.63, 3.8) is 0 Å². The van der Waals surface area contributed by atoms with Crippen LogP contribution in [0.25, 0.3) is 11.4 Å². The second-order valence-electron chi connectivity index (χ2n) is 3.49. The minimum Gasteiger partial charge on any atom is -0.383 e. The highest BCUT2D eigenvalue weighted by Gasteiger charge is 2.11. The summed E-state index contributed by atoms with van der Waals surface area (Å²) in [6, 6.07) is 4.31. The van der Waals surface area contributed by atoms with Gasteiger partial charge in [0.2, 0.25) is 0 Å². The summed E-state index contributed by atoms with van der Waals surface area (Å²) in [6.07, 6.45) is 1.25. The van der Waals surface area contributed by atoms with Gasteiger partial charge in [-0.25, -0.2) is 14.4 Å². The number of nitrogens with zero attached hydrogens (tertiary/aromatic N) is 2. The lowest BCUT2D eigenvalue weighted by molar-refractivity contribution is 0.100. The third-order valence-corrected chi connectivity index (χ3v) is 2.87. The molecule has 0 unspecified atom stereocenters. The summed E-state index contributed by atoms with van der Waals surface area (Å²) in [7, 11) is 0. The molecular weight excluding hydrogens is 303 g/mol. The molecule has 5 nitrogen and oxygen atoms in total. The Morgan fingerprint density at radius 2 is 2.11 bits per heavy atom. The monoisotopic (exact) mass is 310 g/mol. The molecular formula is C11H8BrFN4O. The summed E-state index contributed by atoms with van der Waals surface area (Å²) >= 11 is 3.06. The van der Waals surface area contributed by atoms with Gasteiger partial charge in [-0.05, 0) is 34.1 Å². The van der Waals surface area contributed by atoms with E-state index in [1.807, 2.05) is 0 Å². The van der Waals surface area contributed by atoms with E-state index < -0.39 is 5.91 Å². The van der Waals surface area contributed by atoms with E-state index in [0.29, 0.717) is 15.9 Å². The van der Waals surface area contributed by atoms with Gasteiger partial charge in [0.15, 0.2) is 5.82 Å². The Morgan fingerprint density at radius 3 is 2.67 bits per heavy atom. The van der Waals surface area contributed by atoms with Crippen LogP contribution < -0.4 is 11.5 Å². The molecule has 0 fully saturated rings. The lowest BCUT2D eigenvalue weighted by Crippen LogP contribution is -2.15. The van der Waals surface area contributed by atoms with Crippen LogP contribution in [0.2, 0.25) is 0 Å². The third kappa shape index (κ3) is 2.30. The van der Waals surface area contributed by atoms with Gasteiger partial charge in [-0.1, -0.05) is 0 Å². The van der Waals surface area contributed by atoms with E-state index in [9.17, 15) is 9.18 Å². The molecule has 0 atom stereocenters. The van der Waals surface area contributed by atoms with Crippen LogP contribution >= 0.6 is 15.9 Å². The van der Waals surface area contributed by atoms with Crippen LogP contribution in [0.3, 0.4) is 0 Å². The zero-order valence-electron chi connectivity index (χ0n) is 9.02. The van der Waals surface area contributed by atoms with E-state index in [2.05, 4.69) is 25.9 Å². The fourth-order valence-corrected chi connectivity index (χ4v) is 1.74. The molecule has 2 aromatic rings. The maximum Gasteiger partial charge on any atom is 0.254 e. The summed E-state index contributed by atoms with van der Waals surface area (Å²) < 4.78 is 13.4. The molecule has 0 aliphatic rings. The highest BCUT2D eigenvalue weighted by Crippen LogP contribution is 2.23. The average molecular weight is 311 g/mol. The molecule has 92 valence electrons. The maximum absolute atomic E-state index is 13.1. The number of amides is 1. The number of rotatable bonds is 2. The van der Waals surface area contributed by atoms with Crippen molar-refractivity contribution in [1.29, 1.82) is 0 Å². The first-order valence-electron chi connectivity index (χ1n) is 4.87. The molecule has 0 saturated carbocycles. The predicted octanol–water partition coefficient (Wildman–Crippen LogP) is 1.73. The molecule has 18 heavy (non-hydrogen) atoms. The van der Waals surface area contributed by atoms with Crippen molar-refractivity contribution in [1.82, 2.24) is 9.97 Å². The van der Waals surface area contributed by atoms with Crippen molar-refractivity contribution in [2.45, 2.75) is 0 Å². The Hall–Kier alpha value is -2.02. The van der Waals surface area contributed by atoms with Crippen molar-refractivity contribution in [2.75, 3.05) is 5.73 Å². The van der Waals surface area contributed by atoms with Crippen LogP contribution in [0.5, 0.6) is 0 Å². The Morgan fingerprint density at radius 1 is 1.39 bits per heavy atom. The number of hydrogen-bond acceptors (Lipinski definition) is 4. The third-order valence-electron chi connectivity index (χ3n) is 2.26. The Bertz CT molecular complexity index is 632. The molecule has 1 heterocycles. The lowest BCUT2D eigenvalue weighted by Gasteiger charge is -2.04. The zero-order chi connectivity index (χ0) is 13.3. The maximum atomic E-state index is 13.1. The van der Waals surface area contributed by atoms with Crippen molar-refractivity contribution in [3.05, 3.63) is 40.2 Å². The van der Waals surface area contributed by atoms with Crippen LogP contribution in [0.4, 0.5) is 10.2 Å². The molecule has 0 saturated heterocycles. The quantitative estimate of drug-likeness (QED) is 0.883. The number of anilines is 1. The van der Waals surface area contributed by atoms with Gasteiger partial charge in [0.25, 0.3) is 5.91 Å². The summed E-state index contributed by atoms with van der Waals surface area (Å²) in [6.45, 7) is 0. The van der Waals surface area contributed by atoms with Crippen molar-refractivity contribution < 1.29 is 9.18 Å². The number of nitrogen functional groups attached to an aromatic ring is 1. The average Bonchev–Trinajstić information content (AvgIpc) is 2.32. The van der Waals surface area contributed by atoms with Gasteiger partial charge in [-0.3, -0.25) is 4.79 Å². The van der Waals surface area contributed by atoms with Gasteiger partial charge in [0, 0.05) is 11.8 Å². The van der Waals surface area contributed by atoms with Crippen molar-refractivity contribution in [2.24, 2.45) is 5.73 Å². The van der Waals surface area contributed by atoms with Crippen LogP contribution in [0.15, 0.2) is 28.9 Å². The van der Waals surface area contributed by atoms with Gasteiger partial charge in [0.05, 0.1) is 10.0 Å². The normalized spacial score (nSPS) is 10.3. The fourth-order valence-electron chi connectivity index (χ4n) is 1.36. The summed E-state index contributed by atoms with van der Waals surface area (Å²) in [5.74, 6) is -0.800. The molecule has 0 aliphatic carbocycles. The van der Waals surface area contributed by atoms with Gasteiger partial charge >= 0.3 is 0 Å². The van der Waals surface area contributed by atoms with E-state index in [1.165, 1.54) is 24.4 Å². The van der Waals surface area contributed by atoms with Gasteiger partial charge < -0.3 is 11.5 Å². The molecule has 1 aromatic heterocycles. The lowest BCUT2D eigenvalue weighted by atomic mass is 10.2. The minimum absolute atomic E-state index is 0.00653. The molecule has 2 rings (SSSR count). The van der Waals surface area contributed by atoms with Crippen LogP contribution in [-0.2, 0) is 0 Å². The topological polar surface area (TPSA) is 94.9 Å². The molecule has 1 amide bonds. The number of carbonyl (C=O) groups excluding carboxylic acids is 1. The molecule has 0 bridgehead atoms. The summed E-state index contributed by atoms with van der Waals surface area (Å²) in [4.78, 5) is 18.9. The van der Waals surface area contributed by atoms with E-state index in [4.69, 9.17) is 11.5 Å². The first-order valence-corrected chi connectivity index (χ1v) is 5.66. The van der Waals surface area contributed by atoms with E-state index in [0.717, 1.165) is 0 Å². The molecule has 1 aromatic carbocycles. The molecule has 4 N–H and O–H groups in total. The highest BCUT2D eigenvalue weighted by molar-refractivity contribution is 9.10. The fraction of sp³-hybridized carbons (Fsp3) is 0. The molecule has 0 spiro atoms. The molecule has 0 aliphatic heterocycles. The zero-order valence-corrected chi connectivity index (χ0v) is 10.6. The Balaban J connectivity index is 2.48. The predicted molar refractivity (Wildman–Crippen MR) is 68.1 cm³/mol.